The van der Waals surface area contributed by atoms with Gasteiger partial charge in [0.05, 0.1) is 5.69 Å². The van der Waals surface area contributed by atoms with Gasteiger partial charge in [0.2, 0.25) is 0 Å². The van der Waals surface area contributed by atoms with Crippen LogP contribution in [0.4, 0.5) is 5.69 Å². The van der Waals surface area contributed by atoms with Gasteiger partial charge in [0.15, 0.2) is 6.61 Å². The van der Waals surface area contributed by atoms with Gasteiger partial charge in [0.25, 0.3) is 5.91 Å². The summed E-state index contributed by atoms with van der Waals surface area (Å²) in [6.45, 7) is 6.67. The lowest BCUT2D eigenvalue weighted by Gasteiger charge is -2.41. The van der Waals surface area contributed by atoms with Crippen molar-refractivity contribution in [2.75, 3.05) is 24.6 Å². The number of nitrogens with zero attached hydrogens (tertiary/aromatic N) is 2. The number of carbonyl (C=O) groups is 1. The monoisotopic (exact) mass is 370 g/mol. The molecule has 0 aliphatic carbocycles. The molecular formula is C23H34N2O2. The fourth-order valence-electron chi connectivity index (χ4n) is 5.50. The highest BCUT2D eigenvalue weighted by Crippen LogP contribution is 2.41. The minimum Gasteiger partial charge on any atom is -0.482 e. The maximum atomic E-state index is 12.5. The molecule has 1 aromatic carbocycles. The van der Waals surface area contributed by atoms with Crippen molar-refractivity contribution in [3.63, 3.8) is 0 Å². The van der Waals surface area contributed by atoms with E-state index in [4.69, 9.17) is 4.74 Å². The molecule has 0 N–H and O–H groups in total. The average Bonchev–Trinajstić information content (AvgIpc) is 2.90. The molecule has 2 saturated heterocycles. The van der Waals surface area contributed by atoms with Crippen LogP contribution in [0.15, 0.2) is 24.3 Å². The zero-order valence-corrected chi connectivity index (χ0v) is 16.9. The lowest BCUT2D eigenvalue weighted by Crippen LogP contribution is -2.48. The second-order valence-corrected chi connectivity index (χ2v) is 8.93. The van der Waals surface area contributed by atoms with Gasteiger partial charge in [-0.3, -0.25) is 9.69 Å². The number of hydrogen-bond acceptors (Lipinski definition) is 3. The number of rotatable bonds is 7. The SMILES string of the molecule is CCCCC1CC2CC[C@H](C1)N2CC(C)CN1C(=O)COc2ccccc21. The molecule has 0 radical (unpaired) electrons. The molecule has 4 heteroatoms. The number of carbonyl (C=O) groups excluding carboxylic acids is 1. The van der Waals surface area contributed by atoms with Crippen molar-refractivity contribution in [1.29, 1.82) is 0 Å². The summed E-state index contributed by atoms with van der Waals surface area (Å²) in [5.41, 5.74) is 0.932. The first-order chi connectivity index (χ1) is 13.2. The number of amides is 1. The topological polar surface area (TPSA) is 32.8 Å². The van der Waals surface area contributed by atoms with Crippen molar-refractivity contribution < 1.29 is 9.53 Å². The van der Waals surface area contributed by atoms with E-state index in [9.17, 15) is 4.79 Å². The third-order valence-corrected chi connectivity index (χ3v) is 6.77. The molecular weight excluding hydrogens is 336 g/mol. The maximum absolute atomic E-state index is 12.5. The van der Waals surface area contributed by atoms with Crippen LogP contribution in [0, 0.1) is 11.8 Å². The molecule has 27 heavy (non-hydrogen) atoms. The standard InChI is InChI=1S/C23H34N2O2/c1-3-4-7-18-12-19-10-11-20(13-18)24(19)14-17(2)15-25-21-8-5-6-9-22(21)27-16-23(25)26/h5-6,8-9,17-20H,3-4,7,10-16H2,1-2H3/t17?,18?,19-,20?/m1/s1. The molecule has 148 valence electrons. The van der Waals surface area contributed by atoms with Gasteiger partial charge in [0.1, 0.15) is 5.75 Å². The van der Waals surface area contributed by atoms with Crippen molar-refractivity contribution in [3.8, 4) is 5.75 Å². The molecule has 3 aliphatic rings. The predicted octanol–water partition coefficient (Wildman–Crippen LogP) is 4.48. The predicted molar refractivity (Wildman–Crippen MR) is 109 cm³/mol. The first-order valence-corrected chi connectivity index (χ1v) is 10.9. The van der Waals surface area contributed by atoms with E-state index in [1.165, 1.54) is 44.9 Å². The van der Waals surface area contributed by atoms with Crippen LogP contribution in [0.25, 0.3) is 0 Å². The number of unbranched alkanes of at least 4 members (excludes halogenated alkanes) is 1. The summed E-state index contributed by atoms with van der Waals surface area (Å²) in [7, 11) is 0. The Balaban J connectivity index is 1.36. The summed E-state index contributed by atoms with van der Waals surface area (Å²) in [4.78, 5) is 17.2. The number of piperidine rings is 1. The average molecular weight is 371 g/mol. The fraction of sp³-hybridized carbons (Fsp3) is 0.696. The van der Waals surface area contributed by atoms with Gasteiger partial charge in [-0.2, -0.15) is 0 Å². The highest BCUT2D eigenvalue weighted by atomic mass is 16.5. The first kappa shape index (κ1) is 18.8. The Hall–Kier alpha value is -1.55. The van der Waals surface area contributed by atoms with Gasteiger partial charge in [-0.05, 0) is 49.7 Å². The third kappa shape index (κ3) is 4.01. The summed E-state index contributed by atoms with van der Waals surface area (Å²) in [6.07, 6.45) is 9.66. The van der Waals surface area contributed by atoms with Crippen molar-refractivity contribution in [2.45, 2.75) is 70.9 Å². The molecule has 4 nitrogen and oxygen atoms in total. The molecule has 3 unspecified atom stereocenters. The largest absolute Gasteiger partial charge is 0.482 e. The van der Waals surface area contributed by atoms with Crippen molar-refractivity contribution in [2.24, 2.45) is 11.8 Å². The van der Waals surface area contributed by atoms with Gasteiger partial charge in [-0.15, -0.1) is 0 Å². The zero-order valence-electron chi connectivity index (χ0n) is 16.9. The number of para-hydroxylation sites is 2. The fourth-order valence-corrected chi connectivity index (χ4v) is 5.50. The number of fused-ring (bicyclic) bond motifs is 3. The lowest BCUT2D eigenvalue weighted by molar-refractivity contribution is -0.121. The zero-order chi connectivity index (χ0) is 18.8. The Morgan fingerprint density at radius 2 is 1.89 bits per heavy atom. The normalized spacial score (nSPS) is 28.7. The molecule has 3 heterocycles. The summed E-state index contributed by atoms with van der Waals surface area (Å²) < 4.78 is 5.58. The molecule has 2 bridgehead atoms. The molecule has 1 amide bonds. The van der Waals surface area contributed by atoms with Crippen molar-refractivity contribution >= 4 is 11.6 Å². The van der Waals surface area contributed by atoms with E-state index in [2.05, 4.69) is 18.7 Å². The Labute approximate surface area is 163 Å². The van der Waals surface area contributed by atoms with Gasteiger partial charge in [0, 0.05) is 25.2 Å². The van der Waals surface area contributed by atoms with Crippen LogP contribution in [0.3, 0.4) is 0 Å². The second-order valence-electron chi connectivity index (χ2n) is 8.93. The highest BCUT2D eigenvalue weighted by molar-refractivity contribution is 5.97. The van der Waals surface area contributed by atoms with E-state index in [1.54, 1.807) is 0 Å². The first-order valence-electron chi connectivity index (χ1n) is 10.9. The van der Waals surface area contributed by atoms with Gasteiger partial charge < -0.3 is 9.64 Å². The van der Waals surface area contributed by atoms with Crippen LogP contribution in [-0.4, -0.2) is 42.6 Å². The van der Waals surface area contributed by atoms with Crippen molar-refractivity contribution in [1.82, 2.24) is 4.90 Å². The highest BCUT2D eigenvalue weighted by Gasteiger charge is 2.41. The summed E-state index contributed by atoms with van der Waals surface area (Å²) in [6, 6.07) is 9.47. The summed E-state index contributed by atoms with van der Waals surface area (Å²) >= 11 is 0. The van der Waals surface area contributed by atoms with E-state index in [-0.39, 0.29) is 12.5 Å². The summed E-state index contributed by atoms with van der Waals surface area (Å²) in [5.74, 6) is 2.33. The van der Waals surface area contributed by atoms with Crippen LogP contribution < -0.4 is 9.64 Å². The number of hydrogen-bond donors (Lipinski definition) is 0. The van der Waals surface area contributed by atoms with E-state index in [0.717, 1.165) is 42.5 Å². The van der Waals surface area contributed by atoms with Crippen LogP contribution in [0.2, 0.25) is 0 Å². The minimum absolute atomic E-state index is 0.0850. The molecule has 0 saturated carbocycles. The summed E-state index contributed by atoms with van der Waals surface area (Å²) in [5, 5.41) is 0. The Morgan fingerprint density at radius 1 is 1.15 bits per heavy atom. The number of benzene rings is 1. The molecule has 1 aromatic rings. The number of ether oxygens (including phenoxy) is 1. The smallest absolute Gasteiger partial charge is 0.265 e. The van der Waals surface area contributed by atoms with Crippen LogP contribution in [0.1, 0.15) is 58.8 Å². The Morgan fingerprint density at radius 3 is 2.63 bits per heavy atom. The molecule has 3 aliphatic heterocycles. The van der Waals surface area contributed by atoms with Crippen LogP contribution >= 0.6 is 0 Å². The Bertz CT molecular complexity index is 648. The number of anilines is 1. The van der Waals surface area contributed by atoms with Crippen LogP contribution in [-0.2, 0) is 4.79 Å². The van der Waals surface area contributed by atoms with E-state index < -0.39 is 0 Å². The van der Waals surface area contributed by atoms with Gasteiger partial charge >= 0.3 is 0 Å². The quantitative estimate of drug-likeness (QED) is 0.709. The van der Waals surface area contributed by atoms with Crippen LogP contribution in [0.5, 0.6) is 5.75 Å². The molecule has 4 rings (SSSR count). The van der Waals surface area contributed by atoms with E-state index >= 15 is 0 Å². The minimum atomic E-state index is 0.0850. The van der Waals surface area contributed by atoms with Gasteiger partial charge in [-0.1, -0.05) is 45.2 Å². The molecule has 0 spiro atoms. The van der Waals surface area contributed by atoms with E-state index in [0.29, 0.717) is 5.92 Å². The third-order valence-electron chi connectivity index (χ3n) is 6.77. The lowest BCUT2D eigenvalue weighted by atomic mass is 9.86. The van der Waals surface area contributed by atoms with Gasteiger partial charge in [-0.25, -0.2) is 0 Å². The van der Waals surface area contributed by atoms with E-state index in [1.807, 2.05) is 29.2 Å². The molecule has 4 atom stereocenters. The second kappa shape index (κ2) is 8.22. The maximum Gasteiger partial charge on any atom is 0.265 e. The Kier molecular flexibility index (Phi) is 5.72. The molecule has 2 fully saturated rings. The van der Waals surface area contributed by atoms with Crippen molar-refractivity contribution in [3.05, 3.63) is 24.3 Å². The molecule has 0 aromatic heterocycles.